The lowest BCUT2D eigenvalue weighted by atomic mass is 9.91. The standard InChI is InChI=1S/C15H7BrF3NO/c16-9-3-1-8(2-4-9)11(7-20)15(21)10-5-6-12(17)14(19)13(10)18/h1-6,11H. The topological polar surface area (TPSA) is 40.9 Å². The summed E-state index contributed by atoms with van der Waals surface area (Å²) in [5.41, 5.74) is -0.307. The summed E-state index contributed by atoms with van der Waals surface area (Å²) in [6.45, 7) is 0. The zero-order valence-electron chi connectivity index (χ0n) is 10.4. The van der Waals surface area contributed by atoms with E-state index in [1.165, 1.54) is 12.1 Å². The maximum absolute atomic E-state index is 13.6. The predicted molar refractivity (Wildman–Crippen MR) is 73.1 cm³/mol. The summed E-state index contributed by atoms with van der Waals surface area (Å²) in [5, 5.41) is 9.12. The lowest BCUT2D eigenvalue weighted by Gasteiger charge is -2.10. The van der Waals surface area contributed by atoms with E-state index in [2.05, 4.69) is 15.9 Å². The third kappa shape index (κ3) is 2.98. The molecular weight excluding hydrogens is 347 g/mol. The predicted octanol–water partition coefficient (Wildman–Crippen LogP) is 4.36. The fraction of sp³-hybridized carbons (Fsp3) is 0.0667. The molecule has 0 amide bonds. The first kappa shape index (κ1) is 15.3. The number of nitrogens with zero attached hydrogens (tertiary/aromatic N) is 1. The number of Topliss-reactive ketones (excluding diaryl/α,β-unsaturated/α-hetero) is 1. The van der Waals surface area contributed by atoms with Crippen LogP contribution >= 0.6 is 15.9 Å². The van der Waals surface area contributed by atoms with Crippen LogP contribution < -0.4 is 0 Å². The number of hydrogen-bond acceptors (Lipinski definition) is 2. The van der Waals surface area contributed by atoms with Crippen LogP contribution in [0.15, 0.2) is 40.9 Å². The maximum Gasteiger partial charge on any atom is 0.195 e. The van der Waals surface area contributed by atoms with Crippen LogP contribution in [0.1, 0.15) is 21.8 Å². The fourth-order valence-corrected chi connectivity index (χ4v) is 2.08. The highest BCUT2D eigenvalue weighted by atomic mass is 79.9. The van der Waals surface area contributed by atoms with Gasteiger partial charge in [-0.05, 0) is 29.8 Å². The van der Waals surface area contributed by atoms with Gasteiger partial charge >= 0.3 is 0 Å². The molecule has 0 aliphatic carbocycles. The van der Waals surface area contributed by atoms with Gasteiger partial charge in [0.15, 0.2) is 23.2 Å². The molecule has 21 heavy (non-hydrogen) atoms. The number of benzene rings is 2. The molecule has 2 nitrogen and oxygen atoms in total. The average molecular weight is 354 g/mol. The molecule has 0 spiro atoms. The minimum Gasteiger partial charge on any atom is -0.292 e. The van der Waals surface area contributed by atoms with Gasteiger partial charge in [-0.1, -0.05) is 28.1 Å². The Morgan fingerprint density at radius 2 is 1.67 bits per heavy atom. The second-order valence-electron chi connectivity index (χ2n) is 4.20. The van der Waals surface area contributed by atoms with E-state index in [0.717, 1.165) is 10.5 Å². The normalized spacial score (nSPS) is 11.8. The van der Waals surface area contributed by atoms with Crippen LogP contribution in [0.4, 0.5) is 13.2 Å². The Morgan fingerprint density at radius 3 is 2.24 bits per heavy atom. The Bertz CT molecular complexity index is 738. The zero-order chi connectivity index (χ0) is 15.6. The summed E-state index contributed by atoms with van der Waals surface area (Å²) < 4.78 is 40.4. The Kier molecular flexibility index (Phi) is 4.43. The third-order valence-electron chi connectivity index (χ3n) is 2.90. The van der Waals surface area contributed by atoms with Crippen molar-refractivity contribution < 1.29 is 18.0 Å². The number of rotatable bonds is 3. The first-order valence-electron chi connectivity index (χ1n) is 5.78. The molecule has 0 heterocycles. The minimum absolute atomic E-state index is 0.342. The van der Waals surface area contributed by atoms with Crippen molar-refractivity contribution in [1.29, 1.82) is 5.26 Å². The van der Waals surface area contributed by atoms with Gasteiger partial charge in [-0.25, -0.2) is 13.2 Å². The molecule has 2 rings (SSSR count). The van der Waals surface area contributed by atoms with Crippen molar-refractivity contribution in [3.63, 3.8) is 0 Å². The lowest BCUT2D eigenvalue weighted by Crippen LogP contribution is -2.14. The van der Waals surface area contributed by atoms with Gasteiger partial charge in [-0.15, -0.1) is 0 Å². The quantitative estimate of drug-likeness (QED) is 0.607. The van der Waals surface area contributed by atoms with Crippen molar-refractivity contribution in [2.45, 2.75) is 5.92 Å². The summed E-state index contributed by atoms with van der Waals surface area (Å²) in [5.74, 6) is -6.92. The molecule has 0 radical (unpaired) electrons. The Morgan fingerprint density at radius 1 is 1.05 bits per heavy atom. The molecule has 2 aromatic rings. The van der Waals surface area contributed by atoms with E-state index in [0.29, 0.717) is 11.6 Å². The average Bonchev–Trinajstić information content (AvgIpc) is 2.47. The molecule has 6 heteroatoms. The summed E-state index contributed by atoms with van der Waals surface area (Å²) in [4.78, 5) is 12.2. The minimum atomic E-state index is -1.73. The van der Waals surface area contributed by atoms with E-state index < -0.39 is 34.7 Å². The summed E-state index contributed by atoms with van der Waals surface area (Å²) >= 11 is 3.21. The molecule has 2 aromatic carbocycles. The van der Waals surface area contributed by atoms with Crippen LogP contribution in [0.25, 0.3) is 0 Å². The van der Waals surface area contributed by atoms with Crippen LogP contribution in [0.3, 0.4) is 0 Å². The monoisotopic (exact) mass is 353 g/mol. The first-order valence-corrected chi connectivity index (χ1v) is 6.57. The fourth-order valence-electron chi connectivity index (χ4n) is 1.81. The number of halogens is 4. The van der Waals surface area contributed by atoms with Crippen LogP contribution in [0, 0.1) is 28.8 Å². The summed E-state index contributed by atoms with van der Waals surface area (Å²) in [7, 11) is 0. The van der Waals surface area contributed by atoms with Gasteiger partial charge in [0, 0.05) is 4.47 Å². The molecule has 1 atom stereocenters. The van der Waals surface area contributed by atoms with E-state index in [9.17, 15) is 18.0 Å². The second-order valence-corrected chi connectivity index (χ2v) is 5.12. The highest BCUT2D eigenvalue weighted by Crippen LogP contribution is 2.25. The van der Waals surface area contributed by atoms with E-state index in [1.807, 2.05) is 0 Å². The Hall–Kier alpha value is -2.13. The largest absolute Gasteiger partial charge is 0.292 e. The van der Waals surface area contributed by atoms with E-state index in [4.69, 9.17) is 5.26 Å². The van der Waals surface area contributed by atoms with Gasteiger partial charge in [0.25, 0.3) is 0 Å². The number of carbonyl (C=O) groups excluding carboxylic acids is 1. The van der Waals surface area contributed by atoms with Crippen molar-refractivity contribution in [1.82, 2.24) is 0 Å². The Labute approximate surface area is 127 Å². The molecule has 0 fully saturated rings. The smallest absolute Gasteiger partial charge is 0.195 e. The van der Waals surface area contributed by atoms with Crippen molar-refractivity contribution >= 4 is 21.7 Å². The molecule has 106 valence electrons. The molecule has 0 N–H and O–H groups in total. The van der Waals surface area contributed by atoms with Gasteiger partial charge in [0.1, 0.15) is 5.92 Å². The van der Waals surface area contributed by atoms with Crippen molar-refractivity contribution in [3.05, 3.63) is 69.4 Å². The molecule has 0 aliphatic heterocycles. The lowest BCUT2D eigenvalue weighted by molar-refractivity contribution is 0.0973. The van der Waals surface area contributed by atoms with Crippen LogP contribution in [-0.2, 0) is 0 Å². The van der Waals surface area contributed by atoms with Crippen LogP contribution in [-0.4, -0.2) is 5.78 Å². The van der Waals surface area contributed by atoms with Crippen molar-refractivity contribution in [3.8, 4) is 6.07 Å². The van der Waals surface area contributed by atoms with Gasteiger partial charge in [-0.2, -0.15) is 5.26 Å². The first-order chi connectivity index (χ1) is 9.95. The van der Waals surface area contributed by atoms with Crippen molar-refractivity contribution in [2.75, 3.05) is 0 Å². The van der Waals surface area contributed by atoms with Gasteiger partial charge in [-0.3, -0.25) is 4.79 Å². The molecule has 0 saturated heterocycles. The number of carbonyl (C=O) groups is 1. The number of hydrogen-bond donors (Lipinski definition) is 0. The second kappa shape index (κ2) is 6.10. The van der Waals surface area contributed by atoms with Gasteiger partial charge in [0.2, 0.25) is 0 Å². The third-order valence-corrected chi connectivity index (χ3v) is 3.42. The molecule has 0 bridgehead atoms. The summed E-state index contributed by atoms with van der Waals surface area (Å²) in [6.07, 6.45) is 0. The molecule has 0 aliphatic rings. The van der Waals surface area contributed by atoms with Gasteiger partial charge in [0.05, 0.1) is 11.6 Å². The number of nitriles is 1. The highest BCUT2D eigenvalue weighted by Gasteiger charge is 2.26. The number of ketones is 1. The van der Waals surface area contributed by atoms with Crippen molar-refractivity contribution in [2.24, 2.45) is 0 Å². The van der Waals surface area contributed by atoms with Crippen LogP contribution in [0.5, 0.6) is 0 Å². The van der Waals surface area contributed by atoms with Gasteiger partial charge < -0.3 is 0 Å². The van der Waals surface area contributed by atoms with E-state index in [-0.39, 0.29) is 0 Å². The highest BCUT2D eigenvalue weighted by molar-refractivity contribution is 9.10. The summed E-state index contributed by atoms with van der Waals surface area (Å²) in [6, 6.07) is 9.52. The van der Waals surface area contributed by atoms with Crippen LogP contribution in [0.2, 0.25) is 0 Å². The zero-order valence-corrected chi connectivity index (χ0v) is 12.0. The molecule has 1 unspecified atom stereocenters. The Balaban J connectivity index is 2.45. The molecular formula is C15H7BrF3NO. The van der Waals surface area contributed by atoms with E-state index in [1.54, 1.807) is 18.2 Å². The maximum atomic E-state index is 13.6. The van der Waals surface area contributed by atoms with E-state index >= 15 is 0 Å². The molecule has 0 saturated carbocycles. The molecule has 0 aromatic heterocycles. The SMILES string of the molecule is N#CC(C(=O)c1ccc(F)c(F)c1F)c1ccc(Br)cc1.